The van der Waals surface area contributed by atoms with E-state index in [0.717, 1.165) is 60.8 Å². The summed E-state index contributed by atoms with van der Waals surface area (Å²) in [5, 5.41) is 12.4. The molecule has 0 radical (unpaired) electrons. The van der Waals surface area contributed by atoms with Crippen LogP contribution in [0.15, 0.2) is 54.9 Å². The Morgan fingerprint density at radius 2 is 1.56 bits per heavy atom. The molecular weight excluding hydrogens is 396 g/mol. The van der Waals surface area contributed by atoms with Crippen LogP contribution in [0.3, 0.4) is 0 Å². The average molecular weight is 416 g/mol. The Balaban J connectivity index is 1.78. The molecule has 0 saturated heterocycles. The summed E-state index contributed by atoms with van der Waals surface area (Å²) in [6.45, 7) is 6.52. The van der Waals surface area contributed by atoms with Crippen molar-refractivity contribution in [2.45, 2.75) is 26.2 Å². The van der Waals surface area contributed by atoms with Crippen molar-refractivity contribution in [3.63, 3.8) is 0 Å². The van der Waals surface area contributed by atoms with E-state index in [-0.39, 0.29) is 5.41 Å². The molecule has 0 fully saturated rings. The fourth-order valence-corrected chi connectivity index (χ4v) is 4.53. The zero-order valence-electron chi connectivity index (χ0n) is 18.0. The lowest BCUT2D eigenvalue weighted by Crippen LogP contribution is -2.13. The van der Waals surface area contributed by atoms with Gasteiger partial charge in [0.2, 0.25) is 0 Å². The summed E-state index contributed by atoms with van der Waals surface area (Å²) in [4.78, 5) is 21.5. The van der Waals surface area contributed by atoms with Crippen LogP contribution >= 0.6 is 0 Å². The summed E-state index contributed by atoms with van der Waals surface area (Å²) in [5.74, 6) is 0.771. The van der Waals surface area contributed by atoms with Crippen LogP contribution in [0.5, 0.6) is 0 Å². The maximum absolute atomic E-state index is 9.48. The number of benzene rings is 2. The zero-order valence-corrected chi connectivity index (χ0v) is 18.0. The van der Waals surface area contributed by atoms with Crippen molar-refractivity contribution in [2.75, 3.05) is 0 Å². The van der Waals surface area contributed by atoms with Crippen LogP contribution in [-0.2, 0) is 5.41 Å². The fraction of sp³-hybridized carbons (Fsp3) is 0.154. The van der Waals surface area contributed by atoms with Crippen LogP contribution < -0.4 is 0 Å². The molecule has 6 heteroatoms. The van der Waals surface area contributed by atoms with Crippen molar-refractivity contribution in [2.24, 2.45) is 0 Å². The zero-order chi connectivity index (χ0) is 22.0. The predicted molar refractivity (Wildman–Crippen MR) is 127 cm³/mol. The van der Waals surface area contributed by atoms with E-state index < -0.39 is 0 Å². The third kappa shape index (κ3) is 2.55. The topological polar surface area (TPSA) is 94.0 Å². The molecular formula is C26H20N6. The Labute approximate surface area is 184 Å². The third-order valence-corrected chi connectivity index (χ3v) is 5.98. The minimum atomic E-state index is -0.145. The van der Waals surface area contributed by atoms with Gasteiger partial charge in [-0.1, -0.05) is 20.8 Å². The van der Waals surface area contributed by atoms with Crippen LogP contribution in [-0.4, -0.2) is 24.9 Å². The molecule has 0 unspecified atom stereocenters. The number of H-pyrrole nitrogens is 2. The molecule has 6 nitrogen and oxygen atoms in total. The molecule has 32 heavy (non-hydrogen) atoms. The van der Waals surface area contributed by atoms with Crippen molar-refractivity contribution in [3.05, 3.63) is 66.1 Å². The Kier molecular flexibility index (Phi) is 3.69. The minimum absolute atomic E-state index is 0.145. The van der Waals surface area contributed by atoms with E-state index in [1.54, 1.807) is 12.4 Å². The molecule has 2 N–H and O–H groups in total. The van der Waals surface area contributed by atoms with Gasteiger partial charge in [-0.15, -0.1) is 0 Å². The molecule has 0 amide bonds. The molecule has 4 aromatic heterocycles. The number of fused-ring (bicyclic) bond motifs is 7. The second-order valence-corrected chi connectivity index (χ2v) is 9.11. The van der Waals surface area contributed by atoms with Crippen LogP contribution in [0.2, 0.25) is 0 Å². The van der Waals surface area contributed by atoms with Crippen molar-refractivity contribution in [3.8, 4) is 17.5 Å². The Morgan fingerprint density at radius 3 is 2.28 bits per heavy atom. The average Bonchev–Trinajstić information content (AvgIpc) is 3.40. The summed E-state index contributed by atoms with van der Waals surface area (Å²) >= 11 is 0. The van der Waals surface area contributed by atoms with Gasteiger partial charge in [0.25, 0.3) is 0 Å². The van der Waals surface area contributed by atoms with Crippen LogP contribution in [0.1, 0.15) is 32.0 Å². The molecule has 0 saturated carbocycles. The molecule has 4 heterocycles. The highest BCUT2D eigenvalue weighted by atomic mass is 14.9. The van der Waals surface area contributed by atoms with E-state index in [1.165, 1.54) is 0 Å². The van der Waals surface area contributed by atoms with E-state index in [4.69, 9.17) is 4.98 Å². The molecule has 0 atom stereocenters. The summed E-state index contributed by atoms with van der Waals surface area (Å²) in [5.41, 5.74) is 7.04. The van der Waals surface area contributed by atoms with Gasteiger partial charge in [0, 0.05) is 50.7 Å². The number of nitriles is 1. The fourth-order valence-electron chi connectivity index (χ4n) is 4.53. The second-order valence-electron chi connectivity index (χ2n) is 9.11. The molecule has 0 bridgehead atoms. The second kappa shape index (κ2) is 6.38. The molecule has 0 spiro atoms. The van der Waals surface area contributed by atoms with Crippen molar-refractivity contribution >= 4 is 43.7 Å². The van der Waals surface area contributed by atoms with Gasteiger partial charge < -0.3 is 9.97 Å². The van der Waals surface area contributed by atoms with E-state index in [9.17, 15) is 5.26 Å². The van der Waals surface area contributed by atoms with Crippen LogP contribution in [0.4, 0.5) is 0 Å². The molecule has 2 aromatic carbocycles. The quantitative estimate of drug-likeness (QED) is 0.323. The lowest BCUT2D eigenvalue weighted by Gasteiger charge is -2.18. The maximum atomic E-state index is 9.48. The standard InChI is InChI=1S/C26H20N6/c1-26(2,3)24-19(17-12-14(13-27)8-9-18(17)30-24)25-31-22-15-6-4-10-28-20(15)21-16(23(22)32-25)7-5-11-29-21/h4-12,30H,1-3H3,(H,31,32). The first kappa shape index (κ1) is 18.5. The van der Waals surface area contributed by atoms with Crippen molar-refractivity contribution < 1.29 is 0 Å². The first-order valence-electron chi connectivity index (χ1n) is 10.5. The van der Waals surface area contributed by atoms with Crippen LogP contribution in [0, 0.1) is 11.3 Å². The Morgan fingerprint density at radius 1 is 0.844 bits per heavy atom. The number of hydrogen-bond donors (Lipinski definition) is 2. The van der Waals surface area contributed by atoms with E-state index in [0.29, 0.717) is 5.56 Å². The number of hydrogen-bond acceptors (Lipinski definition) is 4. The van der Waals surface area contributed by atoms with E-state index in [2.05, 4.69) is 52.8 Å². The third-order valence-electron chi connectivity index (χ3n) is 5.98. The number of aromatic nitrogens is 5. The van der Waals surface area contributed by atoms with E-state index in [1.807, 2.05) is 36.4 Å². The Bertz CT molecular complexity index is 1650. The number of pyridine rings is 2. The lowest BCUT2D eigenvalue weighted by molar-refractivity contribution is 0.575. The first-order chi connectivity index (χ1) is 15.5. The molecule has 6 rings (SSSR count). The van der Waals surface area contributed by atoms with Gasteiger partial charge in [-0.3, -0.25) is 9.97 Å². The summed E-state index contributed by atoms with van der Waals surface area (Å²) in [6.07, 6.45) is 3.58. The van der Waals surface area contributed by atoms with Gasteiger partial charge in [-0.25, -0.2) is 4.98 Å². The molecule has 0 aliphatic heterocycles. The summed E-state index contributed by atoms with van der Waals surface area (Å²) in [7, 11) is 0. The Hall–Kier alpha value is -4.24. The summed E-state index contributed by atoms with van der Waals surface area (Å²) in [6, 6.07) is 15.9. The number of imidazole rings is 1. The highest BCUT2D eigenvalue weighted by molar-refractivity contribution is 6.21. The van der Waals surface area contributed by atoms with Crippen molar-refractivity contribution in [1.82, 2.24) is 24.9 Å². The van der Waals surface area contributed by atoms with Gasteiger partial charge in [0.1, 0.15) is 5.82 Å². The van der Waals surface area contributed by atoms with Gasteiger partial charge >= 0.3 is 0 Å². The van der Waals surface area contributed by atoms with Gasteiger partial charge in [0.05, 0.1) is 33.7 Å². The lowest BCUT2D eigenvalue weighted by atomic mass is 9.88. The van der Waals surface area contributed by atoms with Crippen LogP contribution in [0.25, 0.3) is 55.1 Å². The van der Waals surface area contributed by atoms with Crippen molar-refractivity contribution in [1.29, 1.82) is 5.26 Å². The first-order valence-corrected chi connectivity index (χ1v) is 10.5. The monoisotopic (exact) mass is 416 g/mol. The van der Waals surface area contributed by atoms with Gasteiger partial charge in [0.15, 0.2) is 0 Å². The number of aromatic amines is 2. The number of nitrogens with zero attached hydrogens (tertiary/aromatic N) is 4. The van der Waals surface area contributed by atoms with Gasteiger partial charge in [-0.2, -0.15) is 5.26 Å². The molecule has 0 aliphatic rings. The molecule has 154 valence electrons. The SMILES string of the molecule is CC(C)(C)c1[nH]c2ccc(C#N)cc2c1-c1nc2c3cccnc3c3ncccc3c2[nH]1. The predicted octanol–water partition coefficient (Wildman–Crippen LogP) is 5.98. The highest BCUT2D eigenvalue weighted by Gasteiger charge is 2.26. The molecule has 6 aromatic rings. The minimum Gasteiger partial charge on any atom is -0.357 e. The smallest absolute Gasteiger partial charge is 0.141 e. The largest absolute Gasteiger partial charge is 0.357 e. The molecule has 0 aliphatic carbocycles. The normalized spacial score (nSPS) is 12.2. The number of nitrogens with one attached hydrogen (secondary N) is 2. The van der Waals surface area contributed by atoms with E-state index >= 15 is 0 Å². The summed E-state index contributed by atoms with van der Waals surface area (Å²) < 4.78 is 0. The maximum Gasteiger partial charge on any atom is 0.141 e. The van der Waals surface area contributed by atoms with Gasteiger partial charge in [-0.05, 0) is 42.5 Å². The highest BCUT2D eigenvalue weighted by Crippen LogP contribution is 2.40. The number of rotatable bonds is 1.